The Morgan fingerprint density at radius 1 is 0.915 bits per heavy atom. The molecule has 0 aliphatic carbocycles. The second kappa shape index (κ2) is 15.3. The average molecular weight is 643 g/mol. The number of nitrogens with zero attached hydrogens (tertiary/aromatic N) is 1. The van der Waals surface area contributed by atoms with Crippen molar-refractivity contribution in [3.63, 3.8) is 0 Å². The van der Waals surface area contributed by atoms with Crippen LogP contribution in [0.15, 0.2) is 90.6 Å². The summed E-state index contributed by atoms with van der Waals surface area (Å²) in [4.78, 5) is 43.0. The molecule has 248 valence electrons. The van der Waals surface area contributed by atoms with Crippen molar-refractivity contribution < 1.29 is 38.1 Å². The Morgan fingerprint density at radius 3 is 2.26 bits per heavy atom. The first-order valence-corrected chi connectivity index (χ1v) is 15.7. The van der Waals surface area contributed by atoms with Crippen LogP contribution in [0.1, 0.15) is 36.5 Å². The van der Waals surface area contributed by atoms with E-state index in [2.05, 4.69) is 5.32 Å². The zero-order valence-corrected chi connectivity index (χ0v) is 27.3. The van der Waals surface area contributed by atoms with Gasteiger partial charge in [0.1, 0.15) is 11.5 Å². The molecular weight excluding hydrogens is 600 g/mol. The number of benzene rings is 3. The molecule has 10 nitrogen and oxygen atoms in total. The van der Waals surface area contributed by atoms with E-state index >= 15 is 0 Å². The average Bonchev–Trinajstić information content (AvgIpc) is 3.10. The summed E-state index contributed by atoms with van der Waals surface area (Å²) in [6, 6.07) is 24.8. The van der Waals surface area contributed by atoms with Crippen molar-refractivity contribution in [3.8, 4) is 11.5 Å². The lowest BCUT2D eigenvalue weighted by atomic mass is 9.66. The highest BCUT2D eigenvalue weighted by Crippen LogP contribution is 2.50. The van der Waals surface area contributed by atoms with Gasteiger partial charge >= 0.3 is 5.97 Å². The van der Waals surface area contributed by atoms with E-state index in [-0.39, 0.29) is 44.4 Å². The van der Waals surface area contributed by atoms with Crippen LogP contribution >= 0.6 is 0 Å². The van der Waals surface area contributed by atoms with Crippen molar-refractivity contribution in [2.24, 2.45) is 11.3 Å². The van der Waals surface area contributed by atoms with E-state index in [1.54, 1.807) is 31.3 Å². The third-order valence-electron chi connectivity index (χ3n) is 8.84. The van der Waals surface area contributed by atoms with Gasteiger partial charge in [-0.15, -0.1) is 0 Å². The second-order valence-electron chi connectivity index (χ2n) is 11.8. The van der Waals surface area contributed by atoms with Gasteiger partial charge in [-0.1, -0.05) is 66.7 Å². The fourth-order valence-electron chi connectivity index (χ4n) is 6.43. The first-order valence-electron chi connectivity index (χ1n) is 15.7. The van der Waals surface area contributed by atoms with E-state index < -0.39 is 29.5 Å². The van der Waals surface area contributed by atoms with Crippen LogP contribution in [0, 0.1) is 11.3 Å². The molecule has 2 aliphatic rings. The number of amides is 2. The molecular formula is C37H42N2O8. The molecule has 0 spiro atoms. The number of carbonyl (C=O) groups excluding carboxylic acids is 3. The minimum absolute atomic E-state index is 0.0676. The Morgan fingerprint density at radius 2 is 1.60 bits per heavy atom. The van der Waals surface area contributed by atoms with E-state index in [0.717, 1.165) is 16.7 Å². The third-order valence-corrected chi connectivity index (χ3v) is 8.84. The maximum atomic E-state index is 14.3. The number of hydrogen-bond acceptors (Lipinski definition) is 8. The highest BCUT2D eigenvalue weighted by Gasteiger charge is 2.59. The third kappa shape index (κ3) is 7.50. The summed E-state index contributed by atoms with van der Waals surface area (Å²) >= 11 is 0. The highest BCUT2D eigenvalue weighted by molar-refractivity contribution is 5.92. The van der Waals surface area contributed by atoms with Crippen LogP contribution in [0.4, 0.5) is 0 Å². The van der Waals surface area contributed by atoms with Crippen LogP contribution in [0.3, 0.4) is 0 Å². The molecule has 47 heavy (non-hydrogen) atoms. The van der Waals surface area contributed by atoms with Crippen LogP contribution in [0.5, 0.6) is 11.5 Å². The smallest absolute Gasteiger partial charge is 0.320 e. The SMILES string of the molecule is COC(=O)[C@]12C[C@H](CC(=O)NCc3ccc(OC)c(OC)c3)C(=O)N(Cc3ccccc3)C1=C[C@H](COCc1ccccc1)O[C@@H]2C. The van der Waals surface area contributed by atoms with Gasteiger partial charge in [0, 0.05) is 24.6 Å². The maximum absolute atomic E-state index is 14.3. The van der Waals surface area contributed by atoms with Gasteiger partial charge in [-0.25, -0.2) is 0 Å². The first kappa shape index (κ1) is 33.7. The standard InChI is InChI=1S/C37H42N2O8/c1-25-37(36(42)45-4)20-29(18-34(40)38-21-28-15-16-31(43-2)32(17-28)44-3)35(41)39(22-26-11-7-5-8-12-26)33(37)19-30(47-25)24-46-23-27-13-9-6-10-14-27/h5-17,19,25,29-30H,18,20-24H2,1-4H3,(H,38,40)/t25-,29+,30-,37+/m1/s1. The molecule has 3 aromatic carbocycles. The minimum atomic E-state index is -1.30. The first-order chi connectivity index (χ1) is 22.8. The largest absolute Gasteiger partial charge is 0.493 e. The summed E-state index contributed by atoms with van der Waals surface area (Å²) in [6.07, 6.45) is 0.603. The van der Waals surface area contributed by atoms with Gasteiger partial charge in [0.2, 0.25) is 11.8 Å². The zero-order valence-electron chi connectivity index (χ0n) is 27.3. The van der Waals surface area contributed by atoms with Crippen molar-refractivity contribution in [2.75, 3.05) is 27.9 Å². The van der Waals surface area contributed by atoms with Gasteiger partial charge in [0.15, 0.2) is 11.5 Å². The highest BCUT2D eigenvalue weighted by atomic mass is 16.6. The quantitative estimate of drug-likeness (QED) is 0.265. The summed E-state index contributed by atoms with van der Waals surface area (Å²) in [5, 5.41) is 2.92. The molecule has 0 radical (unpaired) electrons. The summed E-state index contributed by atoms with van der Waals surface area (Å²) < 4.78 is 28.4. The number of likely N-dealkylation sites (tertiary alicyclic amines) is 1. The van der Waals surface area contributed by atoms with Crippen molar-refractivity contribution in [3.05, 3.63) is 107 Å². The molecule has 1 saturated heterocycles. The van der Waals surface area contributed by atoms with Crippen molar-refractivity contribution in [2.45, 2.75) is 51.7 Å². The van der Waals surface area contributed by atoms with Crippen LogP contribution < -0.4 is 14.8 Å². The number of rotatable bonds is 13. The molecule has 1 N–H and O–H groups in total. The summed E-state index contributed by atoms with van der Waals surface area (Å²) in [5.74, 6) is -0.730. The monoisotopic (exact) mass is 642 g/mol. The lowest BCUT2D eigenvalue weighted by Gasteiger charge is -2.51. The number of carbonyl (C=O) groups is 3. The normalized spacial score (nSPS) is 22.1. The lowest BCUT2D eigenvalue weighted by Crippen LogP contribution is -2.60. The molecule has 3 aromatic rings. The van der Waals surface area contributed by atoms with E-state index in [9.17, 15) is 14.4 Å². The van der Waals surface area contributed by atoms with Crippen LogP contribution in [-0.4, -0.2) is 62.8 Å². The van der Waals surface area contributed by atoms with E-state index in [1.807, 2.05) is 79.7 Å². The van der Waals surface area contributed by atoms with Crippen LogP contribution in [0.25, 0.3) is 0 Å². The Balaban J connectivity index is 1.40. The van der Waals surface area contributed by atoms with E-state index in [1.165, 1.54) is 7.11 Å². The number of methoxy groups -OCH3 is 3. The maximum Gasteiger partial charge on any atom is 0.320 e. The molecule has 0 aromatic heterocycles. The predicted octanol–water partition coefficient (Wildman–Crippen LogP) is 4.81. The fourth-order valence-corrected chi connectivity index (χ4v) is 6.43. The molecule has 5 rings (SSSR count). The summed E-state index contributed by atoms with van der Waals surface area (Å²) in [5.41, 5.74) is 1.94. The van der Waals surface area contributed by atoms with Gasteiger partial charge in [-0.3, -0.25) is 14.4 Å². The number of ether oxygens (including phenoxy) is 5. The Labute approximate surface area is 275 Å². The van der Waals surface area contributed by atoms with E-state index in [4.69, 9.17) is 23.7 Å². The molecule has 2 aliphatic heterocycles. The minimum Gasteiger partial charge on any atom is -0.493 e. The van der Waals surface area contributed by atoms with Crippen molar-refractivity contribution in [1.82, 2.24) is 10.2 Å². The van der Waals surface area contributed by atoms with Crippen LogP contribution in [-0.2, 0) is 48.3 Å². The molecule has 0 bridgehead atoms. The molecule has 2 amide bonds. The van der Waals surface area contributed by atoms with Crippen LogP contribution in [0.2, 0.25) is 0 Å². The molecule has 0 unspecified atom stereocenters. The predicted molar refractivity (Wildman–Crippen MR) is 174 cm³/mol. The van der Waals surface area contributed by atoms with Gasteiger partial charge in [0.25, 0.3) is 0 Å². The number of hydrogen-bond donors (Lipinski definition) is 1. The number of fused-ring (bicyclic) bond motifs is 1. The number of piperidine rings is 1. The van der Waals surface area contributed by atoms with Gasteiger partial charge in [-0.2, -0.15) is 0 Å². The second-order valence-corrected chi connectivity index (χ2v) is 11.8. The summed E-state index contributed by atoms with van der Waals surface area (Å²) in [6.45, 7) is 2.89. The van der Waals surface area contributed by atoms with Crippen molar-refractivity contribution >= 4 is 17.8 Å². The van der Waals surface area contributed by atoms with Gasteiger partial charge in [-0.05, 0) is 48.2 Å². The van der Waals surface area contributed by atoms with Gasteiger partial charge < -0.3 is 33.9 Å². The van der Waals surface area contributed by atoms with E-state index in [0.29, 0.717) is 23.8 Å². The Hall–Kier alpha value is -4.67. The van der Waals surface area contributed by atoms with Gasteiger partial charge in [0.05, 0.1) is 47.2 Å². The Bertz CT molecular complexity index is 1580. The number of nitrogens with one attached hydrogen (secondary N) is 1. The molecule has 4 atom stereocenters. The summed E-state index contributed by atoms with van der Waals surface area (Å²) in [7, 11) is 4.44. The lowest BCUT2D eigenvalue weighted by molar-refractivity contribution is -0.178. The fraction of sp³-hybridized carbons (Fsp3) is 0.378. The van der Waals surface area contributed by atoms with Crippen molar-refractivity contribution in [1.29, 1.82) is 0 Å². The zero-order chi connectivity index (χ0) is 33.4. The molecule has 0 saturated carbocycles. The molecule has 10 heteroatoms. The Kier molecular flexibility index (Phi) is 11.0. The molecule has 2 heterocycles. The number of esters is 1. The topological polar surface area (TPSA) is 113 Å². The molecule has 1 fully saturated rings.